The van der Waals surface area contributed by atoms with Gasteiger partial charge in [-0.25, -0.2) is 4.79 Å². The quantitative estimate of drug-likeness (QED) is 0.133. The summed E-state index contributed by atoms with van der Waals surface area (Å²) in [6.07, 6.45) is 2.39. The zero-order valence-electron chi connectivity index (χ0n) is 20.9. The van der Waals surface area contributed by atoms with Crippen LogP contribution < -0.4 is 16.4 Å². The summed E-state index contributed by atoms with van der Waals surface area (Å²) >= 11 is 0. The van der Waals surface area contributed by atoms with Crippen LogP contribution in [0.15, 0.2) is 66.7 Å². The summed E-state index contributed by atoms with van der Waals surface area (Å²) < 4.78 is 28.0. The zero-order valence-corrected chi connectivity index (χ0v) is 21.7. The van der Waals surface area contributed by atoms with Gasteiger partial charge in [-0.05, 0) is 60.0 Å². The summed E-state index contributed by atoms with van der Waals surface area (Å²) in [5.74, 6) is -2.22. The Labute approximate surface area is 220 Å². The first-order valence-corrected chi connectivity index (χ1v) is 13.5. The number of hydrogen-bond donors (Lipinski definition) is 4. The van der Waals surface area contributed by atoms with Gasteiger partial charge < -0.3 is 20.6 Å². The van der Waals surface area contributed by atoms with Gasteiger partial charge in [0.1, 0.15) is 5.84 Å². The van der Waals surface area contributed by atoms with Crippen molar-refractivity contribution in [3.63, 3.8) is 0 Å². The fourth-order valence-corrected chi connectivity index (χ4v) is 3.96. The molecule has 3 aromatic carbocycles. The van der Waals surface area contributed by atoms with E-state index in [1.165, 1.54) is 18.2 Å². The van der Waals surface area contributed by atoms with Crippen molar-refractivity contribution in [2.45, 2.75) is 19.8 Å². The van der Waals surface area contributed by atoms with Gasteiger partial charge in [0.25, 0.3) is 11.8 Å². The van der Waals surface area contributed by atoms with Gasteiger partial charge in [-0.2, -0.15) is 8.42 Å². The van der Waals surface area contributed by atoms with Gasteiger partial charge in [0, 0.05) is 28.9 Å². The number of rotatable bonds is 10. The predicted molar refractivity (Wildman–Crippen MR) is 145 cm³/mol. The summed E-state index contributed by atoms with van der Waals surface area (Å²) in [4.78, 5) is 38.7. The monoisotopic (exact) mass is 536 g/mol. The van der Waals surface area contributed by atoms with Crippen molar-refractivity contribution in [3.05, 3.63) is 89.0 Å². The van der Waals surface area contributed by atoms with E-state index in [1.807, 2.05) is 6.92 Å². The molecule has 0 atom stereocenters. The molecule has 0 fully saturated rings. The van der Waals surface area contributed by atoms with Crippen molar-refractivity contribution in [3.8, 4) is 11.1 Å². The number of hydrogen-bond acceptors (Lipinski definition) is 7. The maximum absolute atomic E-state index is 13.2. The Morgan fingerprint density at radius 1 is 0.895 bits per heavy atom. The van der Waals surface area contributed by atoms with Crippen LogP contribution in [-0.4, -0.2) is 44.8 Å². The molecule has 0 radical (unpaired) electrons. The van der Waals surface area contributed by atoms with E-state index >= 15 is 0 Å². The first kappa shape index (κ1) is 28.1. The molecule has 0 bridgehead atoms. The molecule has 0 unspecified atom stereocenters. The summed E-state index contributed by atoms with van der Waals surface area (Å²) in [5.41, 5.74) is 7.09. The third-order valence-corrected chi connectivity index (χ3v) is 5.91. The Balaban J connectivity index is 2.03. The van der Waals surface area contributed by atoms with E-state index in [1.54, 1.807) is 48.5 Å². The molecular weight excluding hydrogens is 508 g/mol. The van der Waals surface area contributed by atoms with Crippen LogP contribution in [-0.2, 0) is 14.3 Å². The van der Waals surface area contributed by atoms with Gasteiger partial charge in [0.2, 0.25) is 0 Å². The Kier molecular flexibility index (Phi) is 8.98. The summed E-state index contributed by atoms with van der Waals surface area (Å²) in [6.45, 7) is 2.42. The van der Waals surface area contributed by atoms with Crippen molar-refractivity contribution in [1.82, 2.24) is 5.32 Å². The van der Waals surface area contributed by atoms with Gasteiger partial charge in [0.05, 0.1) is 11.8 Å². The molecule has 3 rings (SSSR count). The lowest BCUT2D eigenvalue weighted by Crippen LogP contribution is -2.25. The van der Waals surface area contributed by atoms with Crippen LogP contribution in [0.4, 0.5) is 5.69 Å². The SMILES string of the molecule is CCCCNC(=O)c1ccc(-c2ccccc2C(=O)Nc2ccc(C(=N)N)cc2)c(C(=O)OS(C)(=O)=O)c1. The molecule has 3 aromatic rings. The van der Waals surface area contributed by atoms with Gasteiger partial charge in [-0.15, -0.1) is 0 Å². The number of nitrogens with two attached hydrogens (primary N) is 1. The number of carbonyl (C=O) groups excluding carboxylic acids is 3. The van der Waals surface area contributed by atoms with Crippen LogP contribution in [0.5, 0.6) is 0 Å². The van der Waals surface area contributed by atoms with Crippen molar-refractivity contribution < 1.29 is 27.0 Å². The highest BCUT2D eigenvalue weighted by atomic mass is 32.2. The lowest BCUT2D eigenvalue weighted by molar-refractivity contribution is 0.0748. The molecule has 38 heavy (non-hydrogen) atoms. The Morgan fingerprint density at radius 3 is 2.16 bits per heavy atom. The smallest absolute Gasteiger partial charge is 0.354 e. The fraction of sp³-hybridized carbons (Fsp3) is 0.185. The second-order valence-corrected chi connectivity index (χ2v) is 10.0. The second kappa shape index (κ2) is 12.2. The molecule has 2 amide bonds. The minimum Gasteiger partial charge on any atom is -0.384 e. The highest BCUT2D eigenvalue weighted by Gasteiger charge is 2.23. The number of anilines is 1. The molecule has 0 saturated carbocycles. The van der Waals surface area contributed by atoms with Gasteiger partial charge in [0.15, 0.2) is 0 Å². The molecule has 0 saturated heterocycles. The molecule has 0 aliphatic rings. The molecule has 0 aliphatic heterocycles. The van der Waals surface area contributed by atoms with E-state index in [0.29, 0.717) is 23.4 Å². The van der Waals surface area contributed by atoms with Crippen molar-refractivity contribution in [2.75, 3.05) is 18.1 Å². The number of amides is 2. The highest BCUT2D eigenvalue weighted by molar-refractivity contribution is 7.86. The molecule has 198 valence electrons. The predicted octanol–water partition coefficient (Wildman–Crippen LogP) is 3.54. The molecule has 11 heteroatoms. The number of nitrogen functional groups attached to an aromatic ring is 1. The molecule has 10 nitrogen and oxygen atoms in total. The van der Waals surface area contributed by atoms with Crippen LogP contribution in [0.3, 0.4) is 0 Å². The summed E-state index contributed by atoms with van der Waals surface area (Å²) in [5, 5.41) is 13.0. The number of unbranched alkanes of at least 4 members (excludes halogenated alkanes) is 1. The zero-order chi connectivity index (χ0) is 27.9. The average Bonchev–Trinajstić information content (AvgIpc) is 2.87. The molecule has 0 aromatic heterocycles. The molecule has 0 heterocycles. The fourth-order valence-electron chi connectivity index (χ4n) is 3.60. The van der Waals surface area contributed by atoms with Crippen LogP contribution >= 0.6 is 0 Å². The van der Waals surface area contributed by atoms with E-state index < -0.39 is 27.9 Å². The maximum atomic E-state index is 13.2. The van der Waals surface area contributed by atoms with E-state index in [2.05, 4.69) is 14.8 Å². The minimum atomic E-state index is -4.15. The number of nitrogens with one attached hydrogen (secondary N) is 3. The Bertz CT molecular complexity index is 1480. The first-order valence-electron chi connectivity index (χ1n) is 11.7. The number of carbonyl (C=O) groups is 3. The highest BCUT2D eigenvalue weighted by Crippen LogP contribution is 2.30. The van der Waals surface area contributed by atoms with Crippen molar-refractivity contribution >= 4 is 39.4 Å². The standard InChI is InChI=1S/C27H28N4O6S/c1-3-4-15-30-25(32)18-11-14-21(23(16-18)27(34)37-38(2,35)36)20-7-5-6-8-22(20)26(33)31-19-12-9-17(10-13-19)24(28)29/h5-14,16H,3-4,15H2,1-2H3,(H3,28,29)(H,30,32)(H,31,33). The van der Waals surface area contributed by atoms with Crippen LogP contribution in [0, 0.1) is 5.41 Å². The van der Waals surface area contributed by atoms with E-state index in [4.69, 9.17) is 11.1 Å². The third kappa shape index (κ3) is 7.26. The Morgan fingerprint density at radius 2 is 1.53 bits per heavy atom. The number of benzene rings is 3. The molecule has 0 spiro atoms. The van der Waals surface area contributed by atoms with Crippen LogP contribution in [0.2, 0.25) is 0 Å². The van der Waals surface area contributed by atoms with E-state index in [0.717, 1.165) is 19.1 Å². The maximum Gasteiger partial charge on any atom is 0.354 e. The van der Waals surface area contributed by atoms with Gasteiger partial charge >= 0.3 is 16.1 Å². The van der Waals surface area contributed by atoms with Crippen LogP contribution in [0.1, 0.15) is 56.4 Å². The lowest BCUT2D eigenvalue weighted by atomic mass is 9.93. The van der Waals surface area contributed by atoms with Gasteiger partial charge in [-0.1, -0.05) is 37.6 Å². The van der Waals surface area contributed by atoms with Gasteiger partial charge in [-0.3, -0.25) is 15.0 Å². The van der Waals surface area contributed by atoms with E-state index in [-0.39, 0.29) is 28.1 Å². The number of amidine groups is 1. The molecular formula is C27H28N4O6S. The lowest BCUT2D eigenvalue weighted by Gasteiger charge is -2.15. The normalized spacial score (nSPS) is 10.9. The van der Waals surface area contributed by atoms with Crippen molar-refractivity contribution in [2.24, 2.45) is 5.73 Å². The first-order chi connectivity index (χ1) is 18.0. The third-order valence-electron chi connectivity index (χ3n) is 5.46. The summed E-state index contributed by atoms with van der Waals surface area (Å²) in [7, 11) is -4.15. The van der Waals surface area contributed by atoms with Crippen LogP contribution in [0.25, 0.3) is 11.1 Å². The van der Waals surface area contributed by atoms with E-state index in [9.17, 15) is 22.8 Å². The second-order valence-electron chi connectivity index (χ2n) is 8.44. The topological polar surface area (TPSA) is 169 Å². The largest absolute Gasteiger partial charge is 0.384 e. The summed E-state index contributed by atoms with van der Waals surface area (Å²) in [6, 6.07) is 17.0. The minimum absolute atomic E-state index is 0.107. The molecule has 0 aliphatic carbocycles. The average molecular weight is 537 g/mol. The Hall–Kier alpha value is -4.51. The van der Waals surface area contributed by atoms with Crippen molar-refractivity contribution in [1.29, 1.82) is 5.41 Å². The molecule has 5 N–H and O–H groups in total.